The Hall–Kier alpha value is -1.68. The van der Waals surface area contributed by atoms with Gasteiger partial charge in [-0.25, -0.2) is 0 Å². The van der Waals surface area contributed by atoms with Gasteiger partial charge in [0.2, 0.25) is 0 Å². The molecule has 2 aromatic rings. The molecule has 0 unspecified atom stereocenters. The van der Waals surface area contributed by atoms with Gasteiger partial charge in [0, 0.05) is 23.9 Å². The molecular weight excluding hydrogens is 258 g/mol. The van der Waals surface area contributed by atoms with E-state index in [0.29, 0.717) is 17.9 Å². The van der Waals surface area contributed by atoms with Crippen LogP contribution in [0.5, 0.6) is 5.75 Å². The predicted octanol–water partition coefficient (Wildman–Crippen LogP) is 2.88. The number of pyridine rings is 1. The number of nitrogens with zero attached hydrogens (tertiary/aromatic N) is 1. The summed E-state index contributed by atoms with van der Waals surface area (Å²) < 4.78 is 7.13. The van der Waals surface area contributed by atoms with E-state index in [0.717, 1.165) is 17.0 Å². The van der Waals surface area contributed by atoms with Crippen LogP contribution in [0.2, 0.25) is 0 Å². The smallest absolute Gasteiger partial charge is 0.254 e. The molecule has 0 atom stereocenters. The number of aromatic nitrogens is 1. The zero-order chi connectivity index (χ0) is 13.8. The van der Waals surface area contributed by atoms with Crippen molar-refractivity contribution in [3.8, 4) is 17.0 Å². The number of hydrogen-bond acceptors (Lipinski definition) is 3. The Bertz CT molecular complexity index is 634. The summed E-state index contributed by atoms with van der Waals surface area (Å²) in [4.78, 5) is 12.1. The molecule has 1 heterocycles. The van der Waals surface area contributed by atoms with Gasteiger partial charge in [0.25, 0.3) is 5.56 Å². The van der Waals surface area contributed by atoms with Crippen molar-refractivity contribution in [2.75, 3.05) is 6.61 Å². The number of hydrogen-bond donors (Lipinski definition) is 1. The summed E-state index contributed by atoms with van der Waals surface area (Å²) >= 11 is 4.16. The molecule has 3 nitrogen and oxygen atoms in total. The number of rotatable bonds is 4. The second kappa shape index (κ2) is 5.97. The summed E-state index contributed by atoms with van der Waals surface area (Å²) in [6.07, 6.45) is 0. The molecular formula is C15H17NO2S. The van der Waals surface area contributed by atoms with Crippen molar-refractivity contribution >= 4 is 12.6 Å². The number of thiol groups is 1. The number of benzene rings is 1. The van der Waals surface area contributed by atoms with Gasteiger partial charge < -0.3 is 9.30 Å². The van der Waals surface area contributed by atoms with Crippen LogP contribution < -0.4 is 10.3 Å². The van der Waals surface area contributed by atoms with Crippen molar-refractivity contribution in [3.05, 3.63) is 52.3 Å². The van der Waals surface area contributed by atoms with Crippen molar-refractivity contribution in [1.29, 1.82) is 0 Å². The van der Waals surface area contributed by atoms with E-state index in [1.807, 2.05) is 43.3 Å². The summed E-state index contributed by atoms with van der Waals surface area (Å²) in [5, 5.41) is 0. The minimum Gasteiger partial charge on any atom is -0.494 e. The van der Waals surface area contributed by atoms with E-state index >= 15 is 0 Å². The molecule has 19 heavy (non-hydrogen) atoms. The third kappa shape index (κ3) is 2.84. The molecule has 1 aromatic heterocycles. The third-order valence-corrected chi connectivity index (χ3v) is 3.33. The van der Waals surface area contributed by atoms with E-state index in [9.17, 15) is 4.79 Å². The zero-order valence-corrected chi connectivity index (χ0v) is 12.0. The Kier molecular flexibility index (Phi) is 4.32. The highest BCUT2D eigenvalue weighted by atomic mass is 32.1. The fourth-order valence-corrected chi connectivity index (χ4v) is 2.25. The first kappa shape index (κ1) is 13.7. The highest BCUT2D eigenvalue weighted by Crippen LogP contribution is 2.23. The molecule has 0 spiro atoms. The van der Waals surface area contributed by atoms with Gasteiger partial charge in [-0.15, -0.1) is 0 Å². The minimum atomic E-state index is -0.00527. The topological polar surface area (TPSA) is 31.2 Å². The Morgan fingerprint density at radius 1 is 1.26 bits per heavy atom. The summed E-state index contributed by atoms with van der Waals surface area (Å²) in [6.45, 7) is 2.57. The summed E-state index contributed by atoms with van der Waals surface area (Å²) in [5.74, 6) is 1.26. The molecule has 0 amide bonds. The lowest BCUT2D eigenvalue weighted by Crippen LogP contribution is -2.21. The van der Waals surface area contributed by atoms with Crippen LogP contribution in [0.1, 0.15) is 12.5 Å². The van der Waals surface area contributed by atoms with Crippen LogP contribution in [0.25, 0.3) is 11.3 Å². The normalized spacial score (nSPS) is 10.5. The van der Waals surface area contributed by atoms with E-state index in [1.54, 1.807) is 11.6 Å². The van der Waals surface area contributed by atoms with Crippen LogP contribution in [0.15, 0.2) is 41.2 Å². The maximum atomic E-state index is 12.1. The molecule has 100 valence electrons. The van der Waals surface area contributed by atoms with E-state index in [4.69, 9.17) is 4.74 Å². The summed E-state index contributed by atoms with van der Waals surface area (Å²) in [6, 6.07) is 11.5. The standard InChI is InChI=1S/C15H17NO2S/c1-3-18-13-6-4-5-11(9-13)14-8-7-12(10-19)15(17)16(14)2/h4-9,19H,3,10H2,1-2H3. The van der Waals surface area contributed by atoms with Gasteiger partial charge in [0.1, 0.15) is 5.75 Å². The minimum absolute atomic E-state index is 0.00527. The second-order valence-corrected chi connectivity index (χ2v) is 4.54. The maximum absolute atomic E-state index is 12.1. The quantitative estimate of drug-likeness (QED) is 0.870. The van der Waals surface area contributed by atoms with Gasteiger partial charge in [-0.05, 0) is 25.1 Å². The Morgan fingerprint density at radius 3 is 2.74 bits per heavy atom. The zero-order valence-electron chi connectivity index (χ0n) is 11.1. The fraction of sp³-hybridized carbons (Fsp3) is 0.267. The van der Waals surface area contributed by atoms with Crippen LogP contribution in [-0.2, 0) is 12.8 Å². The second-order valence-electron chi connectivity index (χ2n) is 4.23. The SMILES string of the molecule is CCOc1cccc(-c2ccc(CS)c(=O)n2C)c1. The average molecular weight is 275 g/mol. The molecule has 0 saturated heterocycles. The highest BCUT2D eigenvalue weighted by molar-refractivity contribution is 7.79. The predicted molar refractivity (Wildman–Crippen MR) is 81.0 cm³/mol. The van der Waals surface area contributed by atoms with Gasteiger partial charge in [0.05, 0.1) is 12.3 Å². The number of ether oxygens (including phenoxy) is 1. The van der Waals surface area contributed by atoms with Crippen molar-refractivity contribution in [1.82, 2.24) is 4.57 Å². The van der Waals surface area contributed by atoms with Gasteiger partial charge in [0.15, 0.2) is 0 Å². The van der Waals surface area contributed by atoms with Crippen molar-refractivity contribution in [2.45, 2.75) is 12.7 Å². The Labute approximate surface area is 118 Å². The highest BCUT2D eigenvalue weighted by Gasteiger charge is 2.07. The van der Waals surface area contributed by atoms with Crippen LogP contribution in [0.4, 0.5) is 0 Å². The summed E-state index contributed by atoms with van der Waals surface area (Å²) in [7, 11) is 1.78. The lowest BCUT2D eigenvalue weighted by atomic mass is 10.1. The lowest BCUT2D eigenvalue weighted by molar-refractivity contribution is 0.340. The molecule has 0 saturated carbocycles. The monoisotopic (exact) mass is 275 g/mol. The molecule has 0 fully saturated rings. The average Bonchev–Trinajstić information content (AvgIpc) is 2.42. The van der Waals surface area contributed by atoms with Crippen LogP contribution >= 0.6 is 12.6 Å². The van der Waals surface area contributed by atoms with Gasteiger partial charge in [-0.2, -0.15) is 12.6 Å². The molecule has 1 aromatic carbocycles. The first-order valence-corrected chi connectivity index (χ1v) is 6.83. The first-order chi connectivity index (χ1) is 9.17. The molecule has 4 heteroatoms. The van der Waals surface area contributed by atoms with Crippen molar-refractivity contribution in [3.63, 3.8) is 0 Å². The van der Waals surface area contributed by atoms with E-state index in [2.05, 4.69) is 12.6 Å². The van der Waals surface area contributed by atoms with Gasteiger partial charge >= 0.3 is 0 Å². The van der Waals surface area contributed by atoms with Gasteiger partial charge in [-0.3, -0.25) is 4.79 Å². The van der Waals surface area contributed by atoms with E-state index < -0.39 is 0 Å². The van der Waals surface area contributed by atoms with E-state index in [-0.39, 0.29) is 5.56 Å². The van der Waals surface area contributed by atoms with Gasteiger partial charge in [-0.1, -0.05) is 18.2 Å². The van der Waals surface area contributed by atoms with Crippen LogP contribution in [0, 0.1) is 0 Å². The molecule has 0 bridgehead atoms. The third-order valence-electron chi connectivity index (χ3n) is 2.99. The Balaban J connectivity index is 2.50. The molecule has 0 aliphatic rings. The fourth-order valence-electron chi connectivity index (χ4n) is 2.01. The van der Waals surface area contributed by atoms with Crippen LogP contribution in [-0.4, -0.2) is 11.2 Å². The summed E-state index contributed by atoms with van der Waals surface area (Å²) in [5.41, 5.74) is 2.54. The van der Waals surface area contributed by atoms with Crippen molar-refractivity contribution in [2.24, 2.45) is 7.05 Å². The lowest BCUT2D eigenvalue weighted by Gasteiger charge is -2.11. The first-order valence-electron chi connectivity index (χ1n) is 6.20. The Morgan fingerprint density at radius 2 is 2.05 bits per heavy atom. The van der Waals surface area contributed by atoms with E-state index in [1.165, 1.54) is 0 Å². The largest absolute Gasteiger partial charge is 0.494 e. The molecule has 0 N–H and O–H groups in total. The molecule has 0 aliphatic heterocycles. The molecule has 0 aliphatic carbocycles. The van der Waals surface area contributed by atoms with Crippen LogP contribution in [0.3, 0.4) is 0 Å². The molecule has 2 rings (SSSR count). The van der Waals surface area contributed by atoms with Crippen molar-refractivity contribution < 1.29 is 4.74 Å². The maximum Gasteiger partial charge on any atom is 0.254 e. The molecule has 0 radical (unpaired) electrons.